The van der Waals surface area contributed by atoms with Crippen molar-refractivity contribution < 1.29 is 4.42 Å². The Bertz CT molecular complexity index is 3220. The van der Waals surface area contributed by atoms with Crippen LogP contribution < -0.4 is 14.7 Å². The highest BCUT2D eigenvalue weighted by molar-refractivity contribution is 6.30. The lowest BCUT2D eigenvalue weighted by Crippen LogP contribution is -2.13. The van der Waals surface area contributed by atoms with Crippen LogP contribution in [0, 0.1) is 0 Å². The Balaban J connectivity index is 1.06. The van der Waals surface area contributed by atoms with Gasteiger partial charge in [0.05, 0.1) is 0 Å². The van der Waals surface area contributed by atoms with E-state index < -0.39 is 0 Å². The van der Waals surface area contributed by atoms with Crippen LogP contribution in [-0.4, -0.2) is 0 Å². The molecule has 60 heavy (non-hydrogen) atoms. The van der Waals surface area contributed by atoms with E-state index >= 15 is 0 Å². The van der Waals surface area contributed by atoms with E-state index in [-0.39, 0.29) is 0 Å². The van der Waals surface area contributed by atoms with Gasteiger partial charge in [0.25, 0.3) is 0 Å². The minimum atomic E-state index is 0.894. The summed E-state index contributed by atoms with van der Waals surface area (Å²) in [5, 5.41) is 6.92. The van der Waals surface area contributed by atoms with E-state index in [0.29, 0.717) is 0 Å². The minimum absolute atomic E-state index is 0.894. The highest BCUT2D eigenvalue weighted by Gasteiger charge is 2.21. The number of anilines is 9. The second-order valence-electron chi connectivity index (χ2n) is 15.0. The van der Waals surface area contributed by atoms with E-state index in [9.17, 15) is 0 Å². The number of hydrogen-bond donors (Lipinski definition) is 0. The van der Waals surface area contributed by atoms with Gasteiger partial charge in [-0.15, -0.1) is 0 Å². The maximum Gasteiger partial charge on any atom is 0.143 e. The Kier molecular flexibility index (Phi) is 8.79. The van der Waals surface area contributed by atoms with Crippen LogP contribution in [-0.2, 0) is 0 Å². The highest BCUT2D eigenvalue weighted by atomic mass is 16.3. The Morgan fingerprint density at radius 1 is 0.233 bits per heavy atom. The quantitative estimate of drug-likeness (QED) is 0.136. The zero-order valence-electron chi connectivity index (χ0n) is 32.8. The first-order valence-electron chi connectivity index (χ1n) is 20.3. The number of hydrogen-bond acceptors (Lipinski definition) is 4. The first-order valence-corrected chi connectivity index (χ1v) is 20.3. The van der Waals surface area contributed by atoms with Crippen molar-refractivity contribution in [3.8, 4) is 0 Å². The molecular formula is C56H39N3O. The largest absolute Gasteiger partial charge is 0.455 e. The van der Waals surface area contributed by atoms with Gasteiger partial charge in [-0.3, -0.25) is 0 Å². The number of nitrogens with zero attached hydrogens (tertiary/aromatic N) is 3. The fourth-order valence-electron chi connectivity index (χ4n) is 8.70. The third-order valence-corrected chi connectivity index (χ3v) is 11.4. The third kappa shape index (κ3) is 6.19. The van der Waals surface area contributed by atoms with Gasteiger partial charge < -0.3 is 19.1 Å². The van der Waals surface area contributed by atoms with Gasteiger partial charge in [-0.25, -0.2) is 0 Å². The van der Waals surface area contributed by atoms with Crippen LogP contribution in [0.4, 0.5) is 51.2 Å². The molecule has 0 saturated heterocycles. The molecule has 284 valence electrons. The zero-order valence-corrected chi connectivity index (χ0v) is 32.8. The molecule has 4 nitrogen and oxygen atoms in total. The third-order valence-electron chi connectivity index (χ3n) is 11.4. The SMILES string of the molecule is c1ccc(N(c2ccccc2)c2ccc(N(c3ccccc3)c3cccc(N(c4ccccc4)c4ccc5c6ccccc6c6oc7ccccc7c6c5c4)c3)cc2)cc1. The molecule has 10 aromatic carbocycles. The van der Waals surface area contributed by atoms with Crippen molar-refractivity contribution in [3.63, 3.8) is 0 Å². The second-order valence-corrected chi connectivity index (χ2v) is 15.0. The summed E-state index contributed by atoms with van der Waals surface area (Å²) < 4.78 is 6.61. The minimum Gasteiger partial charge on any atom is -0.455 e. The maximum atomic E-state index is 6.61. The van der Waals surface area contributed by atoms with E-state index in [1.54, 1.807) is 0 Å². The number of furan rings is 1. The summed E-state index contributed by atoms with van der Waals surface area (Å²) in [6, 6.07) is 83.9. The van der Waals surface area contributed by atoms with E-state index in [1.807, 2.05) is 6.07 Å². The smallest absolute Gasteiger partial charge is 0.143 e. The Hall–Kier alpha value is -8.08. The summed E-state index contributed by atoms with van der Waals surface area (Å²) in [6.45, 7) is 0. The molecule has 0 aliphatic rings. The predicted molar refractivity (Wildman–Crippen MR) is 253 cm³/mol. The summed E-state index contributed by atoms with van der Waals surface area (Å²) in [5.41, 5.74) is 11.5. The zero-order chi connectivity index (χ0) is 39.8. The predicted octanol–water partition coefficient (Wildman–Crippen LogP) is 16.3. The van der Waals surface area contributed by atoms with Crippen molar-refractivity contribution in [1.82, 2.24) is 0 Å². The van der Waals surface area contributed by atoms with Gasteiger partial charge in [0, 0.05) is 67.3 Å². The van der Waals surface area contributed by atoms with Gasteiger partial charge in [-0.05, 0) is 125 Å². The number of benzene rings is 10. The van der Waals surface area contributed by atoms with Crippen LogP contribution in [0.1, 0.15) is 0 Å². The molecule has 0 N–H and O–H groups in total. The lowest BCUT2D eigenvalue weighted by Gasteiger charge is -2.30. The van der Waals surface area contributed by atoms with Gasteiger partial charge in [0.2, 0.25) is 0 Å². The first-order chi connectivity index (χ1) is 29.8. The van der Waals surface area contributed by atoms with Crippen LogP contribution in [0.25, 0.3) is 43.5 Å². The molecule has 0 amide bonds. The summed E-state index contributed by atoms with van der Waals surface area (Å²) in [5.74, 6) is 0. The molecule has 0 radical (unpaired) electrons. The molecular weight excluding hydrogens is 731 g/mol. The fraction of sp³-hybridized carbons (Fsp3) is 0. The van der Waals surface area contributed by atoms with Crippen LogP contribution in [0.15, 0.2) is 241 Å². The van der Waals surface area contributed by atoms with Crippen LogP contribution in [0.3, 0.4) is 0 Å². The molecule has 0 saturated carbocycles. The number of fused-ring (bicyclic) bond motifs is 8. The Labute approximate surface area is 349 Å². The topological polar surface area (TPSA) is 22.9 Å². The average Bonchev–Trinajstić information content (AvgIpc) is 3.72. The molecule has 0 aliphatic heterocycles. The maximum absolute atomic E-state index is 6.61. The molecule has 11 rings (SSSR count). The van der Waals surface area contributed by atoms with Gasteiger partial charge in [-0.1, -0.05) is 127 Å². The molecule has 1 aromatic heterocycles. The van der Waals surface area contributed by atoms with Gasteiger partial charge in [0.15, 0.2) is 0 Å². The molecule has 11 aromatic rings. The molecule has 0 aliphatic carbocycles. The van der Waals surface area contributed by atoms with E-state index in [0.717, 1.165) is 83.9 Å². The molecule has 0 atom stereocenters. The van der Waals surface area contributed by atoms with Crippen molar-refractivity contribution in [2.45, 2.75) is 0 Å². The molecule has 0 spiro atoms. The van der Waals surface area contributed by atoms with Gasteiger partial charge in [0.1, 0.15) is 11.2 Å². The molecule has 0 bridgehead atoms. The summed E-state index contributed by atoms with van der Waals surface area (Å²) in [4.78, 5) is 6.98. The van der Waals surface area contributed by atoms with Crippen LogP contribution >= 0.6 is 0 Å². The number of para-hydroxylation sites is 5. The lowest BCUT2D eigenvalue weighted by molar-refractivity contribution is 0.673. The summed E-state index contributed by atoms with van der Waals surface area (Å²) >= 11 is 0. The average molecular weight is 770 g/mol. The van der Waals surface area contributed by atoms with Crippen molar-refractivity contribution >= 4 is 94.7 Å². The molecule has 0 unspecified atom stereocenters. The van der Waals surface area contributed by atoms with Crippen molar-refractivity contribution in [2.75, 3.05) is 14.7 Å². The monoisotopic (exact) mass is 769 g/mol. The lowest BCUT2D eigenvalue weighted by atomic mass is 9.96. The first kappa shape index (κ1) is 35.1. The van der Waals surface area contributed by atoms with Crippen molar-refractivity contribution in [2.24, 2.45) is 0 Å². The summed E-state index contributed by atoms with van der Waals surface area (Å²) in [6.07, 6.45) is 0. The highest BCUT2D eigenvalue weighted by Crippen LogP contribution is 2.46. The number of rotatable bonds is 9. The van der Waals surface area contributed by atoms with Crippen LogP contribution in [0.5, 0.6) is 0 Å². The van der Waals surface area contributed by atoms with Gasteiger partial charge >= 0.3 is 0 Å². The molecule has 0 fully saturated rings. The Morgan fingerprint density at radius 2 is 0.583 bits per heavy atom. The van der Waals surface area contributed by atoms with E-state index in [2.05, 4.69) is 245 Å². The van der Waals surface area contributed by atoms with Crippen molar-refractivity contribution in [3.05, 3.63) is 237 Å². The van der Waals surface area contributed by atoms with E-state index in [4.69, 9.17) is 4.42 Å². The van der Waals surface area contributed by atoms with E-state index in [1.165, 1.54) is 10.8 Å². The van der Waals surface area contributed by atoms with Crippen LogP contribution in [0.2, 0.25) is 0 Å². The van der Waals surface area contributed by atoms with Gasteiger partial charge in [-0.2, -0.15) is 0 Å². The molecule has 1 heterocycles. The van der Waals surface area contributed by atoms with Crippen molar-refractivity contribution in [1.29, 1.82) is 0 Å². The normalized spacial score (nSPS) is 11.3. The second kappa shape index (κ2) is 15.0. The fourth-order valence-corrected chi connectivity index (χ4v) is 8.70. The standard InChI is InChI=1S/C56H39N3O/c1-5-18-40(19-6-1)57(41-20-7-2-8-21-41)44-32-34-45(35-33-44)58(42-22-9-3-10-23-42)46-26-17-27-47(38-46)59(43-24-11-4-12-25-43)48-36-37-50-49-28-13-14-29-51(49)56-55(53(50)39-48)52-30-15-16-31-54(52)60-56/h1-39H. The molecule has 4 heteroatoms. The Morgan fingerprint density at radius 3 is 1.12 bits per heavy atom. The summed E-state index contributed by atoms with van der Waals surface area (Å²) in [7, 11) is 0.